The lowest BCUT2D eigenvalue weighted by Gasteiger charge is -2.29. The molecule has 37 heavy (non-hydrogen) atoms. The molecule has 12 heteroatoms. The van der Waals surface area contributed by atoms with Gasteiger partial charge in [0.05, 0.1) is 6.10 Å². The number of sulfonamides is 1. The molecule has 1 heterocycles. The summed E-state index contributed by atoms with van der Waals surface area (Å²) in [6.07, 6.45) is -3.76. The standard InChI is InChI=1S/C25H35F3N2O5S2/c1-24(2,14-8-11-18-9-5-4-6-10-18)29-16-20(31)17-30(3)37(34,35)22-15-19(12-7-13-21(32)33)23(36-22)25(26,27)28/h4-6,9-10,15,20,29,31H,7-8,11-14,16-17H2,1-3H3,(H,32,33). The summed E-state index contributed by atoms with van der Waals surface area (Å²) in [6.45, 7) is 3.78. The Morgan fingerprint density at radius 1 is 1.14 bits per heavy atom. The number of nitrogens with zero attached hydrogens (tertiary/aromatic N) is 1. The van der Waals surface area contributed by atoms with Crippen LogP contribution in [0.15, 0.2) is 40.6 Å². The maximum absolute atomic E-state index is 13.5. The van der Waals surface area contributed by atoms with Crippen LogP contribution in [0.4, 0.5) is 13.2 Å². The van der Waals surface area contributed by atoms with Crippen molar-refractivity contribution in [3.8, 4) is 0 Å². The number of thiophene rings is 1. The Morgan fingerprint density at radius 3 is 2.38 bits per heavy atom. The third kappa shape index (κ3) is 10.0. The molecule has 0 bridgehead atoms. The predicted molar refractivity (Wildman–Crippen MR) is 137 cm³/mol. The third-order valence-corrected chi connectivity index (χ3v) is 9.43. The van der Waals surface area contributed by atoms with Gasteiger partial charge >= 0.3 is 12.1 Å². The van der Waals surface area contributed by atoms with Crippen molar-refractivity contribution < 1.29 is 36.6 Å². The molecule has 3 N–H and O–H groups in total. The second-order valence-electron chi connectivity index (χ2n) is 9.71. The first-order valence-electron chi connectivity index (χ1n) is 12.0. The number of carbonyl (C=O) groups is 1. The van der Waals surface area contributed by atoms with Gasteiger partial charge in [-0.2, -0.15) is 17.5 Å². The summed E-state index contributed by atoms with van der Waals surface area (Å²) < 4.78 is 66.7. The number of rotatable bonds is 15. The van der Waals surface area contributed by atoms with Crippen LogP contribution >= 0.6 is 11.3 Å². The highest BCUT2D eigenvalue weighted by molar-refractivity contribution is 7.91. The number of halogens is 3. The number of carboxylic acid groups (broad SMARTS) is 1. The Morgan fingerprint density at radius 2 is 1.78 bits per heavy atom. The molecule has 1 aromatic heterocycles. The van der Waals surface area contributed by atoms with Gasteiger partial charge in [0.15, 0.2) is 0 Å². The van der Waals surface area contributed by atoms with Crippen LogP contribution in [0.2, 0.25) is 0 Å². The number of aliphatic carboxylic acids is 1. The van der Waals surface area contributed by atoms with Gasteiger partial charge < -0.3 is 15.5 Å². The molecule has 0 aliphatic rings. The van der Waals surface area contributed by atoms with Crippen molar-refractivity contribution in [1.29, 1.82) is 0 Å². The molecule has 0 spiro atoms. The molecule has 2 aromatic rings. The summed E-state index contributed by atoms with van der Waals surface area (Å²) in [7, 11) is -3.08. The van der Waals surface area contributed by atoms with E-state index in [1.807, 2.05) is 32.0 Å². The van der Waals surface area contributed by atoms with Gasteiger partial charge in [0, 0.05) is 32.1 Å². The average molecular weight is 565 g/mol. The first-order chi connectivity index (χ1) is 17.1. The van der Waals surface area contributed by atoms with Crippen molar-refractivity contribution in [2.24, 2.45) is 0 Å². The molecule has 0 radical (unpaired) electrons. The van der Waals surface area contributed by atoms with E-state index in [4.69, 9.17) is 5.11 Å². The Hall–Kier alpha value is -1.99. The van der Waals surface area contributed by atoms with Crippen molar-refractivity contribution >= 4 is 27.3 Å². The monoisotopic (exact) mass is 564 g/mol. The summed E-state index contributed by atoms with van der Waals surface area (Å²) >= 11 is 0.113. The van der Waals surface area contributed by atoms with E-state index in [1.54, 1.807) is 0 Å². The van der Waals surface area contributed by atoms with Gasteiger partial charge in [-0.1, -0.05) is 30.3 Å². The fourth-order valence-electron chi connectivity index (χ4n) is 3.86. The number of benzene rings is 1. The van der Waals surface area contributed by atoms with Crippen LogP contribution in [0, 0.1) is 0 Å². The molecule has 0 aliphatic heterocycles. The van der Waals surface area contributed by atoms with Gasteiger partial charge in [-0.15, -0.1) is 11.3 Å². The highest BCUT2D eigenvalue weighted by Crippen LogP contribution is 2.40. The molecule has 0 amide bonds. The molecule has 7 nitrogen and oxygen atoms in total. The van der Waals surface area contributed by atoms with E-state index < -0.39 is 37.4 Å². The smallest absolute Gasteiger partial charge is 0.425 e. The molecule has 0 saturated heterocycles. The molecular weight excluding hydrogens is 529 g/mol. The molecule has 0 saturated carbocycles. The summed E-state index contributed by atoms with van der Waals surface area (Å²) in [6, 6.07) is 11.0. The minimum absolute atomic E-state index is 0.0456. The Kier molecular flexibility index (Phi) is 11.1. The Bertz CT molecular complexity index is 1120. The predicted octanol–water partition coefficient (Wildman–Crippen LogP) is 4.55. The molecule has 1 aromatic carbocycles. The zero-order valence-corrected chi connectivity index (χ0v) is 22.8. The number of β-amino-alcohol motifs (C(OH)–C–C–N with tert-alkyl or cyclic N) is 1. The number of aliphatic hydroxyl groups excluding tert-OH is 1. The van der Waals surface area contributed by atoms with Crippen molar-refractivity contribution in [3.63, 3.8) is 0 Å². The SMILES string of the molecule is CN(CC(O)CNC(C)(C)CCCc1ccccc1)S(=O)(=O)c1cc(CCCC(=O)O)c(C(F)(F)F)s1. The van der Waals surface area contributed by atoms with Crippen molar-refractivity contribution in [3.05, 3.63) is 52.4 Å². The number of aryl methyl sites for hydroxylation is 2. The summed E-state index contributed by atoms with van der Waals surface area (Å²) in [5.74, 6) is -1.14. The number of alkyl halides is 3. The maximum Gasteiger partial charge on any atom is 0.425 e. The number of carboxylic acids is 1. The van der Waals surface area contributed by atoms with E-state index in [2.05, 4.69) is 17.4 Å². The topological polar surface area (TPSA) is 107 Å². The molecule has 1 atom stereocenters. The van der Waals surface area contributed by atoms with Gasteiger partial charge in [0.25, 0.3) is 10.0 Å². The lowest BCUT2D eigenvalue weighted by molar-refractivity contribution is -0.137. The number of hydrogen-bond donors (Lipinski definition) is 3. The first kappa shape index (κ1) is 31.2. The number of hydrogen-bond acceptors (Lipinski definition) is 6. The Labute approximate surface area is 220 Å². The van der Waals surface area contributed by atoms with Crippen molar-refractivity contribution in [2.75, 3.05) is 20.1 Å². The van der Waals surface area contributed by atoms with Gasteiger partial charge in [0.1, 0.15) is 9.09 Å². The van der Waals surface area contributed by atoms with Crippen molar-refractivity contribution in [1.82, 2.24) is 9.62 Å². The quantitative estimate of drug-likeness (QED) is 0.293. The third-order valence-electron chi connectivity index (χ3n) is 5.94. The van der Waals surface area contributed by atoms with E-state index in [1.165, 1.54) is 12.6 Å². The van der Waals surface area contributed by atoms with Crippen LogP contribution in [0.25, 0.3) is 0 Å². The summed E-state index contributed by atoms with van der Waals surface area (Å²) in [5, 5.41) is 22.4. The molecular formula is C25H35F3N2O5S2. The zero-order chi connectivity index (χ0) is 27.9. The minimum Gasteiger partial charge on any atom is -0.481 e. The lowest BCUT2D eigenvalue weighted by Crippen LogP contribution is -2.46. The van der Waals surface area contributed by atoms with Crippen LogP contribution in [0.1, 0.15) is 55.5 Å². The van der Waals surface area contributed by atoms with Crippen LogP contribution in [0.5, 0.6) is 0 Å². The van der Waals surface area contributed by atoms with Gasteiger partial charge in [-0.25, -0.2) is 8.42 Å². The summed E-state index contributed by atoms with van der Waals surface area (Å²) in [4.78, 5) is 9.65. The molecule has 0 aliphatic carbocycles. The van der Waals surface area contributed by atoms with E-state index in [9.17, 15) is 31.5 Å². The van der Waals surface area contributed by atoms with Crippen LogP contribution < -0.4 is 5.32 Å². The van der Waals surface area contributed by atoms with Crippen LogP contribution in [-0.4, -0.2) is 60.7 Å². The fourth-order valence-corrected chi connectivity index (χ4v) is 6.69. The minimum atomic E-state index is -4.76. The first-order valence-corrected chi connectivity index (χ1v) is 14.2. The number of likely N-dealkylation sites (N-methyl/N-ethyl adjacent to an activating group) is 1. The molecule has 2 rings (SSSR count). The second-order valence-corrected chi connectivity index (χ2v) is 13.0. The lowest BCUT2D eigenvalue weighted by atomic mass is 9.95. The molecule has 1 unspecified atom stereocenters. The molecule has 208 valence electrons. The fraction of sp³-hybridized carbons (Fsp3) is 0.560. The number of nitrogens with one attached hydrogen (secondary N) is 1. The van der Waals surface area contributed by atoms with Gasteiger partial charge in [0.2, 0.25) is 0 Å². The Balaban J connectivity index is 1.96. The van der Waals surface area contributed by atoms with Gasteiger partial charge in [-0.3, -0.25) is 4.79 Å². The average Bonchev–Trinajstić information content (AvgIpc) is 3.24. The highest BCUT2D eigenvalue weighted by Gasteiger charge is 2.38. The van der Waals surface area contributed by atoms with Crippen molar-refractivity contribution in [2.45, 2.75) is 74.4 Å². The van der Waals surface area contributed by atoms with Crippen LogP contribution in [-0.2, 0) is 33.8 Å². The largest absolute Gasteiger partial charge is 0.481 e. The van der Waals surface area contributed by atoms with E-state index in [0.717, 1.165) is 29.6 Å². The normalized spacial score (nSPS) is 13.7. The van der Waals surface area contributed by atoms with Gasteiger partial charge in [-0.05, 0) is 63.1 Å². The van der Waals surface area contributed by atoms with Crippen LogP contribution in [0.3, 0.4) is 0 Å². The number of aliphatic hydroxyl groups is 1. The maximum atomic E-state index is 13.5. The van der Waals surface area contributed by atoms with E-state index in [-0.39, 0.29) is 54.8 Å². The highest BCUT2D eigenvalue weighted by atomic mass is 32.2. The second kappa shape index (κ2) is 13.2. The van der Waals surface area contributed by atoms with E-state index in [0.29, 0.717) is 0 Å². The molecule has 0 fully saturated rings. The summed E-state index contributed by atoms with van der Waals surface area (Å²) in [5.41, 5.74) is 0.676. The zero-order valence-electron chi connectivity index (χ0n) is 21.2. The van der Waals surface area contributed by atoms with E-state index >= 15 is 0 Å².